The first-order valence-corrected chi connectivity index (χ1v) is 6.25. The van der Waals surface area contributed by atoms with Gasteiger partial charge in [-0.25, -0.2) is 4.79 Å². The summed E-state index contributed by atoms with van der Waals surface area (Å²) in [5.41, 5.74) is 0.784. The number of hydrogen-bond donors (Lipinski definition) is 1. The molecule has 0 spiro atoms. The van der Waals surface area contributed by atoms with Gasteiger partial charge in [0.15, 0.2) is 0 Å². The number of aryl methyl sites for hydroxylation is 1. The maximum absolute atomic E-state index is 12.8. The minimum atomic E-state index is -4.45. The molecule has 108 valence electrons. The topological polar surface area (TPSA) is 37.8 Å². The summed E-state index contributed by atoms with van der Waals surface area (Å²) in [6.07, 6.45) is -4.45. The van der Waals surface area contributed by atoms with Gasteiger partial charge in [-0.2, -0.15) is 13.2 Å². The van der Waals surface area contributed by atoms with Gasteiger partial charge in [0.1, 0.15) is 0 Å². The molecule has 6 heteroatoms. The van der Waals surface area contributed by atoms with E-state index in [-0.39, 0.29) is 5.52 Å². The van der Waals surface area contributed by atoms with Gasteiger partial charge in [-0.05, 0) is 42.8 Å². The summed E-state index contributed by atoms with van der Waals surface area (Å²) in [4.78, 5) is 14.6. The maximum Gasteiger partial charge on any atom is 0.416 e. The molecule has 0 amide bonds. The van der Waals surface area contributed by atoms with Gasteiger partial charge < -0.3 is 4.98 Å². The van der Waals surface area contributed by atoms with Crippen LogP contribution in [-0.4, -0.2) is 9.55 Å². The summed E-state index contributed by atoms with van der Waals surface area (Å²) in [6.45, 7) is 1.85. The van der Waals surface area contributed by atoms with Crippen molar-refractivity contribution < 1.29 is 13.2 Å². The summed E-state index contributed by atoms with van der Waals surface area (Å²) < 4.78 is 39.7. The quantitative estimate of drug-likeness (QED) is 0.730. The van der Waals surface area contributed by atoms with E-state index in [0.717, 1.165) is 17.7 Å². The van der Waals surface area contributed by atoms with Crippen molar-refractivity contribution in [3.63, 3.8) is 0 Å². The van der Waals surface area contributed by atoms with E-state index < -0.39 is 17.4 Å². The van der Waals surface area contributed by atoms with Crippen LogP contribution in [0.15, 0.2) is 47.3 Å². The Labute approximate surface area is 117 Å². The second-order valence-electron chi connectivity index (χ2n) is 4.83. The second kappa shape index (κ2) is 4.51. The first-order chi connectivity index (χ1) is 9.86. The first-order valence-electron chi connectivity index (χ1n) is 6.25. The van der Waals surface area contributed by atoms with Crippen LogP contribution in [0.5, 0.6) is 0 Å². The standard InChI is InChI=1S/C15H11F3N2O/c1-9-3-2-4-11(7-9)20-13-8-10(15(16,17)18)5-6-12(13)19-14(20)21/h2-8H,1H3,(H,19,21). The lowest BCUT2D eigenvalue weighted by Crippen LogP contribution is -2.14. The molecule has 0 saturated carbocycles. The molecule has 0 aliphatic rings. The molecule has 1 N–H and O–H groups in total. The van der Waals surface area contributed by atoms with Gasteiger partial charge in [-0.1, -0.05) is 12.1 Å². The monoisotopic (exact) mass is 292 g/mol. The molecule has 1 heterocycles. The van der Waals surface area contributed by atoms with Crippen molar-refractivity contribution in [3.05, 3.63) is 64.1 Å². The average Bonchev–Trinajstić information content (AvgIpc) is 2.72. The van der Waals surface area contributed by atoms with Crippen LogP contribution in [0.2, 0.25) is 0 Å². The van der Waals surface area contributed by atoms with Gasteiger partial charge in [-0.3, -0.25) is 4.57 Å². The fourth-order valence-electron chi connectivity index (χ4n) is 2.30. The maximum atomic E-state index is 12.8. The number of benzene rings is 2. The fraction of sp³-hybridized carbons (Fsp3) is 0.133. The summed E-state index contributed by atoms with van der Waals surface area (Å²) in [6, 6.07) is 10.2. The molecule has 3 rings (SSSR count). The molecule has 1 aromatic heterocycles. The number of imidazole rings is 1. The Hall–Kier alpha value is -2.50. The normalized spacial score (nSPS) is 12.0. The van der Waals surface area contributed by atoms with Gasteiger partial charge in [0.25, 0.3) is 0 Å². The van der Waals surface area contributed by atoms with Crippen LogP contribution in [0.1, 0.15) is 11.1 Å². The lowest BCUT2D eigenvalue weighted by molar-refractivity contribution is -0.137. The number of H-pyrrole nitrogens is 1. The number of aromatic amines is 1. The Balaban J connectivity index is 2.32. The number of alkyl halides is 3. The smallest absolute Gasteiger partial charge is 0.305 e. The van der Waals surface area contributed by atoms with E-state index in [1.165, 1.54) is 10.6 Å². The van der Waals surface area contributed by atoms with Crippen LogP contribution in [0.3, 0.4) is 0 Å². The number of rotatable bonds is 1. The van der Waals surface area contributed by atoms with Gasteiger partial charge in [-0.15, -0.1) is 0 Å². The zero-order valence-electron chi connectivity index (χ0n) is 11.0. The van der Waals surface area contributed by atoms with Gasteiger partial charge in [0.2, 0.25) is 0 Å². The number of hydrogen-bond acceptors (Lipinski definition) is 1. The molecule has 0 bridgehead atoms. The number of halogens is 3. The van der Waals surface area contributed by atoms with E-state index in [9.17, 15) is 18.0 Å². The molecule has 0 aliphatic heterocycles. The Bertz CT molecular complexity index is 874. The van der Waals surface area contributed by atoms with Crippen LogP contribution in [-0.2, 0) is 6.18 Å². The highest BCUT2D eigenvalue weighted by atomic mass is 19.4. The molecule has 3 nitrogen and oxygen atoms in total. The average molecular weight is 292 g/mol. The van der Waals surface area contributed by atoms with Crippen molar-refractivity contribution >= 4 is 11.0 Å². The molecular formula is C15H11F3N2O. The Kier molecular flexibility index (Phi) is 2.90. The van der Waals surface area contributed by atoms with Gasteiger partial charge in [0, 0.05) is 0 Å². The van der Waals surface area contributed by atoms with Gasteiger partial charge >= 0.3 is 11.9 Å². The molecule has 0 radical (unpaired) electrons. The lowest BCUT2D eigenvalue weighted by Gasteiger charge is -2.08. The van der Waals surface area contributed by atoms with Gasteiger partial charge in [0.05, 0.1) is 22.3 Å². The van der Waals surface area contributed by atoms with Crippen LogP contribution in [0, 0.1) is 6.92 Å². The first kappa shape index (κ1) is 13.5. The van der Waals surface area contributed by atoms with Crippen molar-refractivity contribution in [3.8, 4) is 5.69 Å². The second-order valence-corrected chi connectivity index (χ2v) is 4.83. The number of fused-ring (bicyclic) bond motifs is 1. The molecule has 0 saturated heterocycles. The zero-order chi connectivity index (χ0) is 15.2. The van der Waals surface area contributed by atoms with E-state index in [0.29, 0.717) is 11.2 Å². The lowest BCUT2D eigenvalue weighted by atomic mass is 10.2. The SMILES string of the molecule is Cc1cccc(-n2c(=O)[nH]c3ccc(C(F)(F)F)cc32)c1. The molecule has 0 aliphatic carbocycles. The predicted octanol–water partition coefficient (Wildman–Crippen LogP) is 3.65. The van der Waals surface area contributed by atoms with E-state index in [1.54, 1.807) is 18.2 Å². The molecule has 3 aromatic rings. The number of nitrogens with zero attached hydrogens (tertiary/aromatic N) is 1. The van der Waals surface area contributed by atoms with Crippen molar-refractivity contribution in [1.29, 1.82) is 0 Å². The van der Waals surface area contributed by atoms with Crippen molar-refractivity contribution in [2.75, 3.05) is 0 Å². The van der Waals surface area contributed by atoms with Crippen molar-refractivity contribution in [2.24, 2.45) is 0 Å². The number of aromatic nitrogens is 2. The predicted molar refractivity (Wildman–Crippen MR) is 73.6 cm³/mol. The minimum absolute atomic E-state index is 0.209. The third-order valence-electron chi connectivity index (χ3n) is 3.27. The third kappa shape index (κ3) is 2.33. The molecule has 2 aromatic carbocycles. The van der Waals surface area contributed by atoms with E-state index >= 15 is 0 Å². The van der Waals surface area contributed by atoms with E-state index in [4.69, 9.17) is 0 Å². The third-order valence-corrected chi connectivity index (χ3v) is 3.27. The number of nitrogens with one attached hydrogen (secondary N) is 1. The molecule has 0 atom stereocenters. The highest BCUT2D eigenvalue weighted by Crippen LogP contribution is 2.31. The minimum Gasteiger partial charge on any atom is -0.305 e. The van der Waals surface area contributed by atoms with Crippen molar-refractivity contribution in [1.82, 2.24) is 9.55 Å². The highest BCUT2D eigenvalue weighted by molar-refractivity contribution is 5.78. The summed E-state index contributed by atoms with van der Waals surface area (Å²) in [5.74, 6) is 0. The van der Waals surface area contributed by atoms with Crippen LogP contribution in [0.25, 0.3) is 16.7 Å². The molecule has 0 fully saturated rings. The summed E-state index contributed by atoms with van der Waals surface area (Å²) in [7, 11) is 0. The summed E-state index contributed by atoms with van der Waals surface area (Å²) in [5, 5.41) is 0. The Morgan fingerprint density at radius 1 is 1.10 bits per heavy atom. The van der Waals surface area contributed by atoms with Crippen LogP contribution < -0.4 is 5.69 Å². The van der Waals surface area contributed by atoms with Crippen molar-refractivity contribution in [2.45, 2.75) is 13.1 Å². The highest BCUT2D eigenvalue weighted by Gasteiger charge is 2.31. The summed E-state index contributed by atoms with van der Waals surface area (Å²) >= 11 is 0. The largest absolute Gasteiger partial charge is 0.416 e. The Morgan fingerprint density at radius 3 is 2.52 bits per heavy atom. The van der Waals surface area contributed by atoms with Crippen LogP contribution in [0.4, 0.5) is 13.2 Å². The molecule has 21 heavy (non-hydrogen) atoms. The zero-order valence-corrected chi connectivity index (χ0v) is 11.0. The van der Waals surface area contributed by atoms with E-state index in [1.807, 2.05) is 13.0 Å². The molecule has 0 unspecified atom stereocenters. The van der Waals surface area contributed by atoms with E-state index in [2.05, 4.69) is 4.98 Å². The molecular weight excluding hydrogens is 281 g/mol. The fourth-order valence-corrected chi connectivity index (χ4v) is 2.30. The van der Waals surface area contributed by atoms with Crippen LogP contribution >= 0.6 is 0 Å². The Morgan fingerprint density at radius 2 is 1.86 bits per heavy atom.